The van der Waals surface area contributed by atoms with Gasteiger partial charge in [-0.1, -0.05) is 97.1 Å². The van der Waals surface area contributed by atoms with Gasteiger partial charge in [0.25, 0.3) is 0 Å². The van der Waals surface area contributed by atoms with Gasteiger partial charge in [-0.2, -0.15) is 0 Å². The summed E-state index contributed by atoms with van der Waals surface area (Å²) >= 11 is 0. The summed E-state index contributed by atoms with van der Waals surface area (Å²) in [7, 11) is 0. The molecule has 4 aromatic carbocycles. The van der Waals surface area contributed by atoms with Gasteiger partial charge in [-0.25, -0.2) is 0 Å². The fourth-order valence-corrected chi connectivity index (χ4v) is 3.17. The second kappa shape index (κ2) is 8.97. The Morgan fingerprint density at radius 2 is 0.567 bits per heavy atom. The van der Waals surface area contributed by atoms with Crippen LogP contribution in [0, 0.1) is 0 Å². The quantitative estimate of drug-likeness (QED) is 0.290. The first-order chi connectivity index (χ1) is 14.7. The summed E-state index contributed by atoms with van der Waals surface area (Å²) in [5.74, 6) is 0. The van der Waals surface area contributed by atoms with Crippen LogP contribution < -0.4 is 11.5 Å². The monoisotopic (exact) mass is 388 g/mol. The van der Waals surface area contributed by atoms with E-state index in [1.165, 1.54) is 22.3 Å². The smallest absolute Gasteiger partial charge is 0.0314 e. The lowest BCUT2D eigenvalue weighted by atomic mass is 10.0. The standard InChI is InChI=1S/C28H24N2/c29-27-17-9-23(10-18-27)3-1-21-5-13-25(14-6-21)26-15-7-22(8-16-26)2-4-24-11-19-28(30)20-12-24/h1-20H,29-30H2/b3-1+,4-2+. The predicted octanol–water partition coefficient (Wildman–Crippen LogP) is 6.86. The van der Waals surface area contributed by atoms with Gasteiger partial charge in [0.1, 0.15) is 0 Å². The Kier molecular flexibility index (Phi) is 5.77. The van der Waals surface area contributed by atoms with Crippen molar-refractivity contribution >= 4 is 35.7 Å². The minimum Gasteiger partial charge on any atom is -0.399 e. The van der Waals surface area contributed by atoms with Crippen LogP contribution >= 0.6 is 0 Å². The van der Waals surface area contributed by atoms with Crippen LogP contribution in [0.4, 0.5) is 11.4 Å². The van der Waals surface area contributed by atoms with Crippen molar-refractivity contribution in [3.63, 3.8) is 0 Å². The van der Waals surface area contributed by atoms with E-state index in [1.807, 2.05) is 48.5 Å². The zero-order valence-electron chi connectivity index (χ0n) is 16.7. The summed E-state index contributed by atoms with van der Waals surface area (Å²) in [6.07, 6.45) is 8.41. The van der Waals surface area contributed by atoms with Crippen molar-refractivity contribution in [3.05, 3.63) is 119 Å². The molecule has 4 N–H and O–H groups in total. The van der Waals surface area contributed by atoms with E-state index in [1.54, 1.807) is 0 Å². The van der Waals surface area contributed by atoms with Crippen molar-refractivity contribution < 1.29 is 0 Å². The van der Waals surface area contributed by atoms with Crippen molar-refractivity contribution in [2.24, 2.45) is 0 Å². The molecule has 0 saturated carbocycles. The van der Waals surface area contributed by atoms with Gasteiger partial charge in [-0.15, -0.1) is 0 Å². The highest BCUT2D eigenvalue weighted by molar-refractivity contribution is 5.74. The number of anilines is 2. The lowest BCUT2D eigenvalue weighted by Gasteiger charge is -2.04. The van der Waals surface area contributed by atoms with Gasteiger partial charge < -0.3 is 11.5 Å². The van der Waals surface area contributed by atoms with Crippen molar-refractivity contribution in [1.29, 1.82) is 0 Å². The summed E-state index contributed by atoms with van der Waals surface area (Å²) in [6, 6.07) is 32.9. The average molecular weight is 389 g/mol. The van der Waals surface area contributed by atoms with Crippen LogP contribution in [-0.2, 0) is 0 Å². The van der Waals surface area contributed by atoms with E-state index in [-0.39, 0.29) is 0 Å². The fourth-order valence-electron chi connectivity index (χ4n) is 3.17. The van der Waals surface area contributed by atoms with Crippen molar-refractivity contribution in [1.82, 2.24) is 0 Å². The highest BCUT2D eigenvalue weighted by Crippen LogP contribution is 2.22. The fraction of sp³-hybridized carbons (Fsp3) is 0. The Labute approximate surface area is 177 Å². The molecule has 4 aromatic rings. The van der Waals surface area contributed by atoms with Crippen LogP contribution in [-0.4, -0.2) is 0 Å². The Morgan fingerprint density at radius 3 is 0.833 bits per heavy atom. The Morgan fingerprint density at radius 1 is 0.333 bits per heavy atom. The lowest BCUT2D eigenvalue weighted by molar-refractivity contribution is 1.58. The largest absolute Gasteiger partial charge is 0.399 e. The van der Waals surface area contributed by atoms with E-state index in [9.17, 15) is 0 Å². The zero-order chi connectivity index (χ0) is 20.8. The first-order valence-electron chi connectivity index (χ1n) is 9.93. The van der Waals surface area contributed by atoms with Crippen LogP contribution in [0.15, 0.2) is 97.1 Å². The van der Waals surface area contributed by atoms with Gasteiger partial charge in [0.15, 0.2) is 0 Å². The molecule has 0 aromatic heterocycles. The number of hydrogen-bond acceptors (Lipinski definition) is 2. The summed E-state index contributed by atoms with van der Waals surface area (Å²) in [4.78, 5) is 0. The molecule has 0 heterocycles. The summed E-state index contributed by atoms with van der Waals surface area (Å²) in [6.45, 7) is 0. The van der Waals surface area contributed by atoms with Gasteiger partial charge in [-0.05, 0) is 57.6 Å². The molecular weight excluding hydrogens is 364 g/mol. The number of rotatable bonds is 5. The topological polar surface area (TPSA) is 52.0 Å². The second-order valence-corrected chi connectivity index (χ2v) is 7.24. The molecule has 0 amide bonds. The molecule has 2 nitrogen and oxygen atoms in total. The van der Waals surface area contributed by atoms with Crippen LogP contribution in [0.1, 0.15) is 22.3 Å². The van der Waals surface area contributed by atoms with Crippen molar-refractivity contribution in [2.45, 2.75) is 0 Å². The number of hydrogen-bond donors (Lipinski definition) is 2. The molecule has 0 atom stereocenters. The average Bonchev–Trinajstić information content (AvgIpc) is 2.79. The molecule has 0 spiro atoms. The van der Waals surface area contributed by atoms with Crippen molar-refractivity contribution in [2.75, 3.05) is 11.5 Å². The van der Waals surface area contributed by atoms with Crippen LogP contribution in [0.5, 0.6) is 0 Å². The predicted molar refractivity (Wildman–Crippen MR) is 131 cm³/mol. The first-order valence-corrected chi connectivity index (χ1v) is 9.93. The number of nitrogens with two attached hydrogens (primary N) is 2. The van der Waals surface area contributed by atoms with Gasteiger partial charge in [0.05, 0.1) is 0 Å². The Bertz CT molecular complexity index is 1050. The van der Waals surface area contributed by atoms with Crippen LogP contribution in [0.25, 0.3) is 35.4 Å². The van der Waals surface area contributed by atoms with Gasteiger partial charge in [0, 0.05) is 11.4 Å². The summed E-state index contributed by atoms with van der Waals surface area (Å²) in [5, 5.41) is 0. The van der Waals surface area contributed by atoms with E-state index < -0.39 is 0 Å². The number of nitrogen functional groups attached to an aromatic ring is 2. The maximum atomic E-state index is 5.73. The van der Waals surface area contributed by atoms with E-state index in [4.69, 9.17) is 11.5 Å². The molecule has 0 aliphatic carbocycles. The van der Waals surface area contributed by atoms with Gasteiger partial charge >= 0.3 is 0 Å². The molecular formula is C28H24N2. The Balaban J connectivity index is 1.42. The molecule has 4 rings (SSSR count). The minimum atomic E-state index is 0.781. The second-order valence-electron chi connectivity index (χ2n) is 7.24. The third-order valence-corrected chi connectivity index (χ3v) is 4.96. The maximum Gasteiger partial charge on any atom is 0.0314 e. The zero-order valence-corrected chi connectivity index (χ0v) is 16.7. The molecule has 0 fully saturated rings. The third kappa shape index (κ3) is 5.06. The number of benzene rings is 4. The lowest BCUT2D eigenvalue weighted by Crippen LogP contribution is -1.83. The molecule has 30 heavy (non-hydrogen) atoms. The molecule has 146 valence electrons. The normalized spacial score (nSPS) is 11.3. The minimum absolute atomic E-state index is 0.781. The van der Waals surface area contributed by atoms with E-state index in [0.717, 1.165) is 22.5 Å². The van der Waals surface area contributed by atoms with E-state index in [2.05, 4.69) is 72.8 Å². The molecule has 0 aliphatic heterocycles. The highest BCUT2D eigenvalue weighted by atomic mass is 14.5. The third-order valence-electron chi connectivity index (χ3n) is 4.96. The SMILES string of the molecule is Nc1ccc(/C=C/c2ccc(-c3ccc(/C=C/c4ccc(N)cc4)cc3)cc2)cc1. The van der Waals surface area contributed by atoms with Crippen LogP contribution in [0.3, 0.4) is 0 Å². The molecule has 0 unspecified atom stereocenters. The molecule has 0 radical (unpaired) electrons. The van der Waals surface area contributed by atoms with E-state index in [0.29, 0.717) is 0 Å². The van der Waals surface area contributed by atoms with E-state index >= 15 is 0 Å². The highest BCUT2D eigenvalue weighted by Gasteiger charge is 1.98. The summed E-state index contributed by atoms with van der Waals surface area (Å²) in [5.41, 5.74) is 20.0. The van der Waals surface area contributed by atoms with Crippen molar-refractivity contribution in [3.8, 4) is 11.1 Å². The maximum absolute atomic E-state index is 5.73. The molecule has 0 aliphatic rings. The molecule has 0 saturated heterocycles. The van der Waals surface area contributed by atoms with Crippen LogP contribution in [0.2, 0.25) is 0 Å². The first kappa shape index (κ1) is 19.3. The summed E-state index contributed by atoms with van der Waals surface area (Å²) < 4.78 is 0. The van der Waals surface area contributed by atoms with Gasteiger partial charge in [-0.3, -0.25) is 0 Å². The molecule has 2 heteroatoms. The van der Waals surface area contributed by atoms with Gasteiger partial charge in [0.2, 0.25) is 0 Å². The molecule has 0 bridgehead atoms. The Hall–Kier alpha value is -4.04.